The highest BCUT2D eigenvalue weighted by molar-refractivity contribution is 5.78. The van der Waals surface area contributed by atoms with Gasteiger partial charge in [-0.15, -0.1) is 0 Å². The largest absolute Gasteiger partial charge is 0.468 e. The summed E-state index contributed by atoms with van der Waals surface area (Å²) in [6, 6.07) is 4.24. The third-order valence-corrected chi connectivity index (χ3v) is 5.24. The molecule has 128 valence electrons. The monoisotopic (exact) mass is 318 g/mol. The molecule has 0 saturated carbocycles. The van der Waals surface area contributed by atoms with E-state index in [0.717, 1.165) is 37.9 Å². The highest BCUT2D eigenvalue weighted by Gasteiger charge is 2.25. The number of aliphatic imine (C=N–C) groups is 1. The number of guanidine groups is 1. The Morgan fingerprint density at radius 2 is 2.00 bits per heavy atom. The minimum Gasteiger partial charge on any atom is -0.468 e. The fourth-order valence-corrected chi connectivity index (χ4v) is 3.61. The molecule has 0 spiro atoms. The molecule has 2 N–H and O–H groups in total. The molecule has 3 heterocycles. The number of nitrogens with two attached hydrogens (primary N) is 1. The van der Waals surface area contributed by atoms with Crippen LogP contribution in [0, 0.1) is 5.92 Å². The van der Waals surface area contributed by atoms with Crippen LogP contribution in [0.15, 0.2) is 27.8 Å². The van der Waals surface area contributed by atoms with Crippen molar-refractivity contribution in [1.82, 2.24) is 9.80 Å². The molecule has 2 fully saturated rings. The summed E-state index contributed by atoms with van der Waals surface area (Å²) >= 11 is 0. The molecule has 1 atom stereocenters. The normalized spacial score (nSPS) is 23.2. The SMILES string of the molecule is CC1CCN(C(N)=NCC(c2ccco2)N2CCCCC2)CC1. The molecule has 2 saturated heterocycles. The predicted molar refractivity (Wildman–Crippen MR) is 93.3 cm³/mol. The van der Waals surface area contributed by atoms with Crippen molar-refractivity contribution in [3.05, 3.63) is 24.2 Å². The van der Waals surface area contributed by atoms with Gasteiger partial charge in [-0.05, 0) is 56.8 Å². The summed E-state index contributed by atoms with van der Waals surface area (Å²) < 4.78 is 5.68. The maximum Gasteiger partial charge on any atom is 0.191 e. The Labute approximate surface area is 139 Å². The van der Waals surface area contributed by atoms with E-state index in [0.29, 0.717) is 12.5 Å². The standard InChI is InChI=1S/C18H30N4O/c1-15-7-11-22(12-8-15)18(19)20-14-16(17-6-5-13-23-17)21-9-3-2-4-10-21/h5-6,13,15-16H,2-4,7-12,14H2,1H3,(H2,19,20). The molecule has 1 unspecified atom stereocenters. The smallest absolute Gasteiger partial charge is 0.191 e. The highest BCUT2D eigenvalue weighted by atomic mass is 16.3. The van der Waals surface area contributed by atoms with Crippen molar-refractivity contribution in [2.24, 2.45) is 16.6 Å². The molecular weight excluding hydrogens is 288 g/mol. The summed E-state index contributed by atoms with van der Waals surface area (Å²) in [6.45, 7) is 7.32. The van der Waals surface area contributed by atoms with Gasteiger partial charge in [0.25, 0.3) is 0 Å². The highest BCUT2D eigenvalue weighted by Crippen LogP contribution is 2.25. The van der Waals surface area contributed by atoms with E-state index in [1.807, 2.05) is 6.07 Å². The maximum absolute atomic E-state index is 6.25. The van der Waals surface area contributed by atoms with Gasteiger partial charge < -0.3 is 15.1 Å². The molecule has 1 aromatic heterocycles. The van der Waals surface area contributed by atoms with Crippen LogP contribution in [-0.4, -0.2) is 48.5 Å². The second kappa shape index (κ2) is 7.86. The van der Waals surface area contributed by atoms with Gasteiger partial charge >= 0.3 is 0 Å². The first-order chi connectivity index (χ1) is 11.2. The first kappa shape index (κ1) is 16.4. The lowest BCUT2D eigenvalue weighted by molar-refractivity contribution is 0.150. The summed E-state index contributed by atoms with van der Waals surface area (Å²) in [5, 5.41) is 0. The fourth-order valence-electron chi connectivity index (χ4n) is 3.61. The zero-order chi connectivity index (χ0) is 16.1. The van der Waals surface area contributed by atoms with Crippen LogP contribution in [0.25, 0.3) is 0 Å². The third kappa shape index (κ3) is 4.28. The Hall–Kier alpha value is -1.49. The molecule has 0 aliphatic carbocycles. The van der Waals surface area contributed by atoms with Crippen LogP contribution in [0.1, 0.15) is 50.8 Å². The molecule has 1 aromatic rings. The molecule has 3 rings (SSSR count). The molecule has 23 heavy (non-hydrogen) atoms. The zero-order valence-corrected chi connectivity index (χ0v) is 14.3. The number of hydrogen-bond donors (Lipinski definition) is 1. The molecule has 2 aliphatic rings. The third-order valence-electron chi connectivity index (χ3n) is 5.24. The van der Waals surface area contributed by atoms with E-state index in [9.17, 15) is 0 Å². The van der Waals surface area contributed by atoms with Crippen LogP contribution in [-0.2, 0) is 0 Å². The molecule has 0 bridgehead atoms. The van der Waals surface area contributed by atoms with Crippen molar-refractivity contribution in [2.45, 2.75) is 45.1 Å². The van der Waals surface area contributed by atoms with Crippen LogP contribution in [0.5, 0.6) is 0 Å². The van der Waals surface area contributed by atoms with Crippen molar-refractivity contribution < 1.29 is 4.42 Å². The summed E-state index contributed by atoms with van der Waals surface area (Å²) in [6.07, 6.45) is 8.04. The van der Waals surface area contributed by atoms with Crippen LogP contribution >= 0.6 is 0 Å². The van der Waals surface area contributed by atoms with Gasteiger partial charge in [0, 0.05) is 13.1 Å². The lowest BCUT2D eigenvalue weighted by Gasteiger charge is -2.34. The maximum atomic E-state index is 6.25. The lowest BCUT2D eigenvalue weighted by atomic mass is 10.00. The lowest BCUT2D eigenvalue weighted by Crippen LogP contribution is -2.43. The number of rotatable bonds is 4. The van der Waals surface area contributed by atoms with Crippen molar-refractivity contribution in [3.63, 3.8) is 0 Å². The van der Waals surface area contributed by atoms with E-state index in [4.69, 9.17) is 15.1 Å². The second-order valence-corrected chi connectivity index (χ2v) is 7.00. The average Bonchev–Trinajstić information content (AvgIpc) is 3.11. The van der Waals surface area contributed by atoms with Crippen molar-refractivity contribution in [3.8, 4) is 0 Å². The Kier molecular flexibility index (Phi) is 5.60. The number of furan rings is 1. The molecule has 0 aromatic carbocycles. The van der Waals surface area contributed by atoms with Gasteiger partial charge in [0.1, 0.15) is 5.76 Å². The Bertz CT molecular complexity index is 485. The van der Waals surface area contributed by atoms with E-state index in [1.54, 1.807) is 6.26 Å². The molecule has 5 nitrogen and oxygen atoms in total. The van der Waals surface area contributed by atoms with Gasteiger partial charge in [-0.3, -0.25) is 9.89 Å². The Morgan fingerprint density at radius 1 is 1.26 bits per heavy atom. The van der Waals surface area contributed by atoms with Crippen molar-refractivity contribution >= 4 is 5.96 Å². The van der Waals surface area contributed by atoms with Crippen molar-refractivity contribution in [1.29, 1.82) is 0 Å². The number of likely N-dealkylation sites (tertiary alicyclic amines) is 2. The average molecular weight is 318 g/mol. The van der Waals surface area contributed by atoms with Crippen molar-refractivity contribution in [2.75, 3.05) is 32.7 Å². The topological polar surface area (TPSA) is 58.0 Å². The molecular formula is C18H30N4O. The summed E-state index contributed by atoms with van der Waals surface area (Å²) in [4.78, 5) is 9.45. The Morgan fingerprint density at radius 3 is 2.65 bits per heavy atom. The predicted octanol–water partition coefficient (Wildman–Crippen LogP) is 2.85. The van der Waals surface area contributed by atoms with Gasteiger partial charge in [0.15, 0.2) is 5.96 Å². The number of hydrogen-bond acceptors (Lipinski definition) is 3. The van der Waals surface area contributed by atoms with E-state index in [2.05, 4.69) is 22.8 Å². The Balaban J connectivity index is 1.64. The molecule has 0 radical (unpaired) electrons. The van der Waals surface area contributed by atoms with Gasteiger partial charge in [0.05, 0.1) is 18.8 Å². The van der Waals surface area contributed by atoms with E-state index >= 15 is 0 Å². The first-order valence-corrected chi connectivity index (χ1v) is 9.06. The second-order valence-electron chi connectivity index (χ2n) is 7.00. The molecule has 2 aliphatic heterocycles. The van der Waals surface area contributed by atoms with Gasteiger partial charge in [-0.2, -0.15) is 0 Å². The van der Waals surface area contributed by atoms with Crippen LogP contribution in [0.3, 0.4) is 0 Å². The number of piperidine rings is 2. The van der Waals surface area contributed by atoms with E-state index < -0.39 is 0 Å². The van der Waals surface area contributed by atoms with Gasteiger partial charge in [-0.1, -0.05) is 13.3 Å². The van der Waals surface area contributed by atoms with Gasteiger partial charge in [0.2, 0.25) is 0 Å². The molecule has 5 heteroatoms. The van der Waals surface area contributed by atoms with E-state index in [1.165, 1.54) is 32.1 Å². The minimum atomic E-state index is 0.215. The van der Waals surface area contributed by atoms with Crippen LogP contribution in [0.4, 0.5) is 0 Å². The molecule has 0 amide bonds. The fraction of sp³-hybridized carbons (Fsp3) is 0.722. The number of nitrogens with zero attached hydrogens (tertiary/aromatic N) is 3. The van der Waals surface area contributed by atoms with Crippen LogP contribution < -0.4 is 5.73 Å². The zero-order valence-electron chi connectivity index (χ0n) is 14.3. The van der Waals surface area contributed by atoms with E-state index in [-0.39, 0.29) is 6.04 Å². The first-order valence-electron chi connectivity index (χ1n) is 9.06. The summed E-state index contributed by atoms with van der Waals surface area (Å²) in [5.41, 5.74) is 6.25. The minimum absolute atomic E-state index is 0.215. The summed E-state index contributed by atoms with van der Waals surface area (Å²) in [7, 11) is 0. The summed E-state index contributed by atoms with van der Waals surface area (Å²) in [5.74, 6) is 2.52. The quantitative estimate of drug-likeness (QED) is 0.685. The van der Waals surface area contributed by atoms with Crippen LogP contribution in [0.2, 0.25) is 0 Å². The van der Waals surface area contributed by atoms with Gasteiger partial charge in [-0.25, -0.2) is 0 Å².